The summed E-state index contributed by atoms with van der Waals surface area (Å²) in [5.41, 5.74) is 2.59. The van der Waals surface area contributed by atoms with Crippen molar-refractivity contribution in [2.75, 3.05) is 4.72 Å². The van der Waals surface area contributed by atoms with Crippen LogP contribution in [0.1, 0.15) is 22.3 Å². The van der Waals surface area contributed by atoms with Crippen molar-refractivity contribution in [2.24, 2.45) is 0 Å². The van der Waals surface area contributed by atoms with E-state index in [9.17, 15) is 13.2 Å². The lowest BCUT2D eigenvalue weighted by atomic mass is 10.1. The molecule has 0 saturated heterocycles. The van der Waals surface area contributed by atoms with Gasteiger partial charge in [0.25, 0.3) is 10.0 Å². The first-order valence-corrected chi connectivity index (χ1v) is 9.88. The lowest BCUT2D eigenvalue weighted by Gasteiger charge is -2.09. The van der Waals surface area contributed by atoms with Gasteiger partial charge < -0.3 is 0 Å². The van der Waals surface area contributed by atoms with E-state index in [1.807, 2.05) is 18.4 Å². The highest BCUT2D eigenvalue weighted by molar-refractivity contribution is 7.92. The minimum absolute atomic E-state index is 0.104. The summed E-state index contributed by atoms with van der Waals surface area (Å²) in [5, 5.41) is 2.88. The number of aryl methyl sites for hydroxylation is 1. The van der Waals surface area contributed by atoms with E-state index in [2.05, 4.69) is 9.71 Å². The van der Waals surface area contributed by atoms with Gasteiger partial charge in [0, 0.05) is 22.2 Å². The van der Waals surface area contributed by atoms with E-state index in [-0.39, 0.29) is 10.7 Å². The first kappa shape index (κ1) is 17.3. The zero-order valence-electron chi connectivity index (χ0n) is 13.7. The molecule has 3 aromatic rings. The van der Waals surface area contributed by atoms with Gasteiger partial charge in [0.2, 0.25) is 0 Å². The van der Waals surface area contributed by atoms with E-state index in [0.717, 1.165) is 16.3 Å². The number of carbonyl (C=O) groups is 1. The molecule has 1 aromatic heterocycles. The van der Waals surface area contributed by atoms with Crippen LogP contribution in [0.15, 0.2) is 58.8 Å². The molecular weight excluding hydrogens is 356 g/mol. The summed E-state index contributed by atoms with van der Waals surface area (Å²) in [6, 6.07) is 12.9. The number of thiazole rings is 1. The van der Waals surface area contributed by atoms with Gasteiger partial charge in [0.15, 0.2) is 5.78 Å². The average Bonchev–Trinajstić information content (AvgIpc) is 3.01. The standard InChI is InChI=1S/C18H16N2O3S2/c1-12(21)14-6-8-17(9-7-14)25(22,23)20-16-5-3-4-15(10-16)18-11-24-13(2)19-18/h3-11,20H,1-2H3. The SMILES string of the molecule is CC(=O)c1ccc(S(=O)(=O)Nc2cccc(-c3csc(C)n3)c2)cc1. The maximum atomic E-state index is 12.5. The fourth-order valence-corrected chi connectivity index (χ4v) is 3.99. The number of ketones is 1. The second-order valence-corrected chi connectivity index (χ2v) is 8.26. The third kappa shape index (κ3) is 3.94. The van der Waals surface area contributed by atoms with Gasteiger partial charge in [-0.15, -0.1) is 11.3 Å². The van der Waals surface area contributed by atoms with Crippen LogP contribution in [-0.2, 0) is 10.0 Å². The van der Waals surface area contributed by atoms with Crippen molar-refractivity contribution in [3.8, 4) is 11.3 Å². The van der Waals surface area contributed by atoms with Crippen molar-refractivity contribution in [1.29, 1.82) is 0 Å². The molecule has 7 heteroatoms. The molecule has 3 rings (SSSR count). The summed E-state index contributed by atoms with van der Waals surface area (Å²) < 4.78 is 27.6. The van der Waals surface area contributed by atoms with Crippen molar-refractivity contribution in [3.05, 3.63) is 64.5 Å². The first-order valence-electron chi connectivity index (χ1n) is 7.51. The van der Waals surface area contributed by atoms with E-state index < -0.39 is 10.0 Å². The third-order valence-electron chi connectivity index (χ3n) is 3.60. The summed E-state index contributed by atoms with van der Waals surface area (Å²) in [6.07, 6.45) is 0. The number of nitrogens with one attached hydrogen (secondary N) is 1. The van der Waals surface area contributed by atoms with Gasteiger partial charge in [-0.1, -0.05) is 24.3 Å². The Morgan fingerprint density at radius 1 is 1.12 bits per heavy atom. The second-order valence-electron chi connectivity index (χ2n) is 5.52. The summed E-state index contributed by atoms with van der Waals surface area (Å²) >= 11 is 1.54. The van der Waals surface area contributed by atoms with Gasteiger partial charge in [-0.05, 0) is 38.1 Å². The van der Waals surface area contributed by atoms with Crippen LogP contribution in [0, 0.1) is 6.92 Å². The van der Waals surface area contributed by atoms with Gasteiger partial charge in [-0.2, -0.15) is 0 Å². The summed E-state index contributed by atoms with van der Waals surface area (Å²) in [6.45, 7) is 3.36. The third-order valence-corrected chi connectivity index (χ3v) is 5.77. The topological polar surface area (TPSA) is 76.1 Å². The Balaban J connectivity index is 1.87. The molecule has 0 amide bonds. The van der Waals surface area contributed by atoms with Crippen LogP contribution in [0.25, 0.3) is 11.3 Å². The number of anilines is 1. The molecule has 128 valence electrons. The fraction of sp³-hybridized carbons (Fsp3) is 0.111. The molecule has 0 atom stereocenters. The van der Waals surface area contributed by atoms with Crippen LogP contribution in [0.4, 0.5) is 5.69 Å². The maximum Gasteiger partial charge on any atom is 0.261 e. The molecule has 1 heterocycles. The molecule has 0 aliphatic carbocycles. The minimum atomic E-state index is -3.73. The van der Waals surface area contributed by atoms with E-state index in [4.69, 9.17) is 0 Å². The highest BCUT2D eigenvalue weighted by Gasteiger charge is 2.15. The molecule has 0 fully saturated rings. The number of hydrogen-bond donors (Lipinski definition) is 1. The number of sulfonamides is 1. The highest BCUT2D eigenvalue weighted by atomic mass is 32.2. The fourth-order valence-electron chi connectivity index (χ4n) is 2.32. The molecule has 0 bridgehead atoms. The Bertz CT molecular complexity index is 1020. The normalized spacial score (nSPS) is 11.3. The Labute approximate surface area is 150 Å². The van der Waals surface area contributed by atoms with Gasteiger partial charge >= 0.3 is 0 Å². The molecular formula is C18H16N2O3S2. The van der Waals surface area contributed by atoms with Crippen molar-refractivity contribution in [3.63, 3.8) is 0 Å². The molecule has 0 spiro atoms. The first-order chi connectivity index (χ1) is 11.8. The monoisotopic (exact) mass is 372 g/mol. The number of benzene rings is 2. The Morgan fingerprint density at radius 3 is 2.44 bits per heavy atom. The lowest BCUT2D eigenvalue weighted by molar-refractivity contribution is 0.101. The van der Waals surface area contributed by atoms with Crippen LogP contribution in [-0.4, -0.2) is 19.2 Å². The van der Waals surface area contributed by atoms with E-state index >= 15 is 0 Å². The zero-order valence-corrected chi connectivity index (χ0v) is 15.3. The predicted octanol–water partition coefficient (Wildman–Crippen LogP) is 4.12. The lowest BCUT2D eigenvalue weighted by Crippen LogP contribution is -2.13. The average molecular weight is 372 g/mol. The largest absolute Gasteiger partial charge is 0.295 e. The van der Waals surface area contributed by atoms with Crippen molar-refractivity contribution < 1.29 is 13.2 Å². The molecule has 0 radical (unpaired) electrons. The summed E-state index contributed by atoms with van der Waals surface area (Å²) in [4.78, 5) is 15.8. The van der Waals surface area contributed by atoms with Crippen LogP contribution >= 0.6 is 11.3 Å². The van der Waals surface area contributed by atoms with Crippen molar-refractivity contribution in [2.45, 2.75) is 18.7 Å². The molecule has 1 N–H and O–H groups in total. The number of carbonyl (C=O) groups excluding carboxylic acids is 1. The summed E-state index contributed by atoms with van der Waals surface area (Å²) in [5.74, 6) is -0.108. The number of Topliss-reactive ketones (excluding diaryl/α,β-unsaturated/α-hetero) is 1. The number of hydrogen-bond acceptors (Lipinski definition) is 5. The maximum absolute atomic E-state index is 12.5. The molecule has 0 aliphatic rings. The molecule has 2 aromatic carbocycles. The van der Waals surface area contributed by atoms with E-state index in [1.54, 1.807) is 29.5 Å². The smallest absolute Gasteiger partial charge is 0.261 e. The van der Waals surface area contributed by atoms with Crippen molar-refractivity contribution in [1.82, 2.24) is 4.98 Å². The number of aromatic nitrogens is 1. The van der Waals surface area contributed by atoms with Crippen LogP contribution < -0.4 is 4.72 Å². The minimum Gasteiger partial charge on any atom is -0.295 e. The second kappa shape index (κ2) is 6.78. The summed E-state index contributed by atoms with van der Waals surface area (Å²) in [7, 11) is -3.73. The zero-order chi connectivity index (χ0) is 18.0. The van der Waals surface area contributed by atoms with E-state index in [1.165, 1.54) is 31.2 Å². The number of rotatable bonds is 5. The quantitative estimate of drug-likeness (QED) is 0.684. The van der Waals surface area contributed by atoms with Gasteiger partial charge in [0.05, 0.1) is 15.6 Å². The van der Waals surface area contributed by atoms with Gasteiger partial charge in [-0.3, -0.25) is 9.52 Å². The Hall–Kier alpha value is -2.51. The highest BCUT2D eigenvalue weighted by Crippen LogP contribution is 2.25. The Kier molecular flexibility index (Phi) is 4.69. The molecule has 5 nitrogen and oxygen atoms in total. The molecule has 0 aliphatic heterocycles. The Morgan fingerprint density at radius 2 is 1.84 bits per heavy atom. The molecule has 25 heavy (non-hydrogen) atoms. The van der Waals surface area contributed by atoms with Crippen LogP contribution in [0.5, 0.6) is 0 Å². The van der Waals surface area contributed by atoms with E-state index in [0.29, 0.717) is 11.3 Å². The molecule has 0 saturated carbocycles. The molecule has 0 unspecified atom stereocenters. The van der Waals surface area contributed by atoms with Gasteiger partial charge in [0.1, 0.15) is 0 Å². The van der Waals surface area contributed by atoms with Crippen molar-refractivity contribution >= 4 is 32.8 Å². The van der Waals surface area contributed by atoms with Crippen LogP contribution in [0.3, 0.4) is 0 Å². The predicted molar refractivity (Wildman–Crippen MR) is 99.5 cm³/mol. The number of nitrogens with zero attached hydrogens (tertiary/aromatic N) is 1. The van der Waals surface area contributed by atoms with Crippen LogP contribution in [0.2, 0.25) is 0 Å². The van der Waals surface area contributed by atoms with Gasteiger partial charge in [-0.25, -0.2) is 13.4 Å².